The molecule has 154 valence electrons. The largest absolute Gasteiger partial charge is 0.427 e. The molecule has 2 aliphatic rings. The van der Waals surface area contributed by atoms with Crippen LogP contribution >= 0.6 is 11.3 Å². The van der Waals surface area contributed by atoms with Gasteiger partial charge < -0.3 is 14.5 Å². The highest BCUT2D eigenvalue weighted by molar-refractivity contribution is 7.15. The number of amides is 1. The number of ether oxygens (including phenoxy) is 1. The van der Waals surface area contributed by atoms with Gasteiger partial charge in [0, 0.05) is 44.6 Å². The second-order valence-corrected chi connectivity index (χ2v) is 8.64. The van der Waals surface area contributed by atoms with Crippen LogP contribution in [0.3, 0.4) is 0 Å². The summed E-state index contributed by atoms with van der Waals surface area (Å²) in [6, 6.07) is 6.71. The van der Waals surface area contributed by atoms with Crippen LogP contribution in [0, 0.1) is 0 Å². The van der Waals surface area contributed by atoms with Gasteiger partial charge in [0.25, 0.3) is 5.91 Å². The minimum atomic E-state index is -0.372. The van der Waals surface area contributed by atoms with Gasteiger partial charge in [-0.3, -0.25) is 9.59 Å². The number of hydrogen-bond donors (Lipinski definition) is 0. The van der Waals surface area contributed by atoms with Gasteiger partial charge in [-0.25, -0.2) is 0 Å². The van der Waals surface area contributed by atoms with Crippen LogP contribution in [0.2, 0.25) is 0 Å². The molecule has 0 radical (unpaired) electrons. The van der Waals surface area contributed by atoms with E-state index in [1.165, 1.54) is 44.0 Å². The van der Waals surface area contributed by atoms with Crippen LogP contribution < -0.4 is 9.64 Å². The van der Waals surface area contributed by atoms with Crippen LogP contribution in [0.1, 0.15) is 60.3 Å². The monoisotopic (exact) mass is 414 g/mol. The minimum absolute atomic E-state index is 0.000756. The molecule has 2 fully saturated rings. The molecule has 29 heavy (non-hydrogen) atoms. The van der Waals surface area contributed by atoms with E-state index in [4.69, 9.17) is 4.74 Å². The van der Waals surface area contributed by atoms with Gasteiger partial charge in [0.2, 0.25) is 5.13 Å². The van der Waals surface area contributed by atoms with Crippen molar-refractivity contribution < 1.29 is 14.3 Å². The molecule has 0 spiro atoms. The average Bonchev–Trinajstić information content (AvgIpc) is 3.24. The Morgan fingerprint density at radius 1 is 1.00 bits per heavy atom. The first kappa shape index (κ1) is 19.8. The normalized spacial score (nSPS) is 18.0. The lowest BCUT2D eigenvalue weighted by Crippen LogP contribution is -2.48. The molecule has 2 heterocycles. The standard InChI is InChI=1S/C21H26N4O3S/c1-15(26)28-18-9-7-17(8-10-18)20(27)24-11-13-25(14-12-24)21-23-22-19(29-21)16-5-3-2-4-6-16/h7-10,16H,2-6,11-14H2,1H3. The second-order valence-electron chi connectivity index (χ2n) is 7.66. The van der Waals surface area contributed by atoms with E-state index in [-0.39, 0.29) is 11.9 Å². The van der Waals surface area contributed by atoms with Gasteiger partial charge in [0.15, 0.2) is 0 Å². The summed E-state index contributed by atoms with van der Waals surface area (Å²) in [4.78, 5) is 27.9. The number of aromatic nitrogens is 2. The summed E-state index contributed by atoms with van der Waals surface area (Å²) in [5, 5.41) is 11.0. The Balaban J connectivity index is 1.32. The van der Waals surface area contributed by atoms with Gasteiger partial charge in [-0.05, 0) is 37.1 Å². The van der Waals surface area contributed by atoms with Crippen molar-refractivity contribution >= 4 is 28.3 Å². The van der Waals surface area contributed by atoms with Gasteiger partial charge in [-0.15, -0.1) is 10.2 Å². The topological polar surface area (TPSA) is 75.6 Å². The number of anilines is 1. The maximum atomic E-state index is 12.8. The third-order valence-corrected chi connectivity index (χ3v) is 6.73. The highest BCUT2D eigenvalue weighted by atomic mass is 32.1. The summed E-state index contributed by atoms with van der Waals surface area (Å²) in [6.07, 6.45) is 6.38. The Hall–Kier alpha value is -2.48. The fourth-order valence-electron chi connectivity index (χ4n) is 3.98. The van der Waals surface area contributed by atoms with Gasteiger partial charge in [0.1, 0.15) is 10.8 Å². The van der Waals surface area contributed by atoms with Crippen LogP contribution in [-0.2, 0) is 4.79 Å². The molecule has 1 aliphatic carbocycles. The van der Waals surface area contributed by atoms with E-state index in [2.05, 4.69) is 15.1 Å². The fraction of sp³-hybridized carbons (Fsp3) is 0.524. The quantitative estimate of drug-likeness (QED) is 0.563. The molecule has 0 unspecified atom stereocenters. The summed E-state index contributed by atoms with van der Waals surface area (Å²) in [6.45, 7) is 4.19. The molecule has 0 bridgehead atoms. The van der Waals surface area contributed by atoms with E-state index < -0.39 is 0 Å². The van der Waals surface area contributed by atoms with Crippen LogP contribution in [-0.4, -0.2) is 53.2 Å². The third kappa shape index (κ3) is 4.75. The van der Waals surface area contributed by atoms with Crippen molar-refractivity contribution in [1.82, 2.24) is 15.1 Å². The van der Waals surface area contributed by atoms with Crippen molar-refractivity contribution in [2.45, 2.75) is 44.9 Å². The summed E-state index contributed by atoms with van der Waals surface area (Å²) in [7, 11) is 0. The van der Waals surface area contributed by atoms with Crippen LogP contribution in [0.15, 0.2) is 24.3 Å². The van der Waals surface area contributed by atoms with Crippen molar-refractivity contribution in [3.8, 4) is 5.75 Å². The Labute approximate surface area is 174 Å². The second kappa shape index (κ2) is 8.90. The number of carbonyl (C=O) groups is 2. The number of hydrogen-bond acceptors (Lipinski definition) is 7. The minimum Gasteiger partial charge on any atom is -0.427 e. The predicted octanol–water partition coefficient (Wildman–Crippen LogP) is 3.47. The number of carbonyl (C=O) groups excluding carboxylic acids is 2. The molecule has 0 N–H and O–H groups in total. The Morgan fingerprint density at radius 3 is 2.34 bits per heavy atom. The third-order valence-electron chi connectivity index (χ3n) is 5.58. The summed E-state index contributed by atoms with van der Waals surface area (Å²) < 4.78 is 5.02. The molecule has 1 aromatic heterocycles. The molecule has 2 aromatic rings. The van der Waals surface area contributed by atoms with Gasteiger partial charge in [0.05, 0.1) is 0 Å². The summed E-state index contributed by atoms with van der Waals surface area (Å²) in [5.74, 6) is 0.652. The molecule has 8 heteroatoms. The van der Waals surface area contributed by atoms with E-state index in [1.54, 1.807) is 35.6 Å². The zero-order valence-corrected chi connectivity index (χ0v) is 17.5. The summed E-state index contributed by atoms with van der Waals surface area (Å²) >= 11 is 1.72. The smallest absolute Gasteiger partial charge is 0.308 e. The molecule has 7 nitrogen and oxygen atoms in total. The molecule has 4 rings (SSSR count). The molecule has 1 amide bonds. The maximum Gasteiger partial charge on any atom is 0.308 e. The van der Waals surface area contributed by atoms with Crippen molar-refractivity contribution in [2.75, 3.05) is 31.1 Å². The lowest BCUT2D eigenvalue weighted by Gasteiger charge is -2.34. The zero-order chi connectivity index (χ0) is 20.2. The van der Waals surface area contributed by atoms with Crippen molar-refractivity contribution in [3.63, 3.8) is 0 Å². The lowest BCUT2D eigenvalue weighted by molar-refractivity contribution is -0.131. The van der Waals surface area contributed by atoms with E-state index in [0.29, 0.717) is 30.3 Å². The highest BCUT2D eigenvalue weighted by Crippen LogP contribution is 2.36. The molecular formula is C21H26N4O3S. The maximum absolute atomic E-state index is 12.8. The average molecular weight is 415 g/mol. The van der Waals surface area contributed by atoms with Crippen molar-refractivity contribution in [1.29, 1.82) is 0 Å². The molecule has 1 saturated heterocycles. The molecule has 1 saturated carbocycles. The van der Waals surface area contributed by atoms with Crippen LogP contribution in [0.25, 0.3) is 0 Å². The molecule has 1 aromatic carbocycles. The molecular weight excluding hydrogens is 388 g/mol. The van der Waals surface area contributed by atoms with E-state index in [9.17, 15) is 9.59 Å². The van der Waals surface area contributed by atoms with Crippen molar-refractivity contribution in [3.05, 3.63) is 34.8 Å². The Bertz CT molecular complexity index is 853. The van der Waals surface area contributed by atoms with Gasteiger partial charge in [-0.2, -0.15) is 0 Å². The Kier molecular flexibility index (Phi) is 6.08. The van der Waals surface area contributed by atoms with E-state index in [1.807, 2.05) is 4.90 Å². The van der Waals surface area contributed by atoms with Crippen LogP contribution in [0.4, 0.5) is 5.13 Å². The number of nitrogens with zero attached hydrogens (tertiary/aromatic N) is 4. The Morgan fingerprint density at radius 2 is 1.69 bits per heavy atom. The van der Waals surface area contributed by atoms with Gasteiger partial charge in [-0.1, -0.05) is 30.6 Å². The SMILES string of the molecule is CC(=O)Oc1ccc(C(=O)N2CCN(c3nnc(C4CCCCC4)s3)CC2)cc1. The first-order chi connectivity index (χ1) is 14.1. The number of benzene rings is 1. The van der Waals surface area contributed by atoms with E-state index in [0.717, 1.165) is 18.2 Å². The lowest BCUT2D eigenvalue weighted by atomic mass is 9.90. The first-order valence-corrected chi connectivity index (χ1v) is 11.1. The molecule has 1 aliphatic heterocycles. The summed E-state index contributed by atoms with van der Waals surface area (Å²) in [5.41, 5.74) is 0.602. The van der Waals surface area contributed by atoms with Crippen molar-refractivity contribution in [2.24, 2.45) is 0 Å². The van der Waals surface area contributed by atoms with E-state index >= 15 is 0 Å². The fourth-order valence-corrected chi connectivity index (χ4v) is 5.05. The first-order valence-electron chi connectivity index (χ1n) is 10.3. The van der Waals surface area contributed by atoms with Gasteiger partial charge >= 0.3 is 5.97 Å². The zero-order valence-electron chi connectivity index (χ0n) is 16.7. The number of piperazine rings is 1. The molecule has 0 atom stereocenters. The highest BCUT2D eigenvalue weighted by Gasteiger charge is 2.26. The van der Waals surface area contributed by atoms with Crippen LogP contribution in [0.5, 0.6) is 5.75 Å². The number of rotatable bonds is 4. The predicted molar refractivity (Wildman–Crippen MR) is 112 cm³/mol. The number of esters is 1.